The monoisotopic (exact) mass is 1300 g/mol. The number of carbonyl (C=O) groups is 11. The highest BCUT2D eigenvalue weighted by Crippen LogP contribution is 2.35. The minimum atomic E-state index is -1.91. The molecular formula is C61H81N3O28. The summed E-state index contributed by atoms with van der Waals surface area (Å²) in [6.07, 6.45) is -26.4. The number of alkyl carbamates (subject to hydrolysis) is 1. The van der Waals surface area contributed by atoms with Crippen molar-refractivity contribution >= 4 is 65.7 Å². The minimum absolute atomic E-state index is 0.0824. The first kappa shape index (κ1) is 73.1. The number of aliphatic hydroxyl groups excluding tert-OH is 1. The van der Waals surface area contributed by atoms with Crippen LogP contribution in [0.1, 0.15) is 99.6 Å². The summed E-state index contributed by atoms with van der Waals surface area (Å²) in [5.41, 5.74) is 0.230. The fraction of sp³-hybridized carbons (Fsp3) is 0.623. The Hall–Kier alpha value is -7.91. The maximum atomic E-state index is 14.7. The first-order valence-corrected chi connectivity index (χ1v) is 29.5. The van der Waals surface area contributed by atoms with E-state index in [-0.39, 0.29) is 26.2 Å². The van der Waals surface area contributed by atoms with Crippen LogP contribution in [-0.2, 0) is 137 Å². The molecule has 0 spiro atoms. The Balaban J connectivity index is 1.38. The number of hydrogen-bond donors (Lipinski definition) is 3. The second-order valence-corrected chi connectivity index (χ2v) is 22.8. The number of likely N-dealkylation sites (tertiary alicyclic amines) is 1. The van der Waals surface area contributed by atoms with Crippen LogP contribution in [0.15, 0.2) is 60.7 Å². The lowest BCUT2D eigenvalue weighted by atomic mass is 9.96. The van der Waals surface area contributed by atoms with E-state index in [0.29, 0.717) is 17.5 Å². The molecule has 4 aliphatic heterocycles. The summed E-state index contributed by atoms with van der Waals surface area (Å²) in [6, 6.07) is 14.9. The Kier molecular flexibility index (Phi) is 27.1. The molecule has 4 saturated heterocycles. The number of esters is 8. The van der Waals surface area contributed by atoms with E-state index in [0.717, 1.165) is 55.6 Å². The number of nitrogens with zero attached hydrogens (tertiary/aromatic N) is 1. The number of nitrogens with one attached hydrogen (secondary N) is 2. The largest absolute Gasteiger partial charge is 0.467 e. The lowest BCUT2D eigenvalue weighted by Crippen LogP contribution is -2.66. The number of carbonyl (C=O) groups excluding carboxylic acids is 11. The summed E-state index contributed by atoms with van der Waals surface area (Å²) in [6.45, 7) is 9.40. The Morgan fingerprint density at radius 2 is 1.00 bits per heavy atom. The van der Waals surface area contributed by atoms with Crippen molar-refractivity contribution in [3.8, 4) is 0 Å². The van der Waals surface area contributed by atoms with E-state index in [2.05, 4.69) is 10.6 Å². The third-order valence-corrected chi connectivity index (χ3v) is 14.2. The Morgan fingerprint density at radius 1 is 0.554 bits per heavy atom. The lowest BCUT2D eigenvalue weighted by molar-refractivity contribution is -0.340. The van der Waals surface area contributed by atoms with Crippen molar-refractivity contribution < 1.29 is 134 Å². The van der Waals surface area contributed by atoms with Gasteiger partial charge in [-0.3, -0.25) is 43.2 Å². The van der Waals surface area contributed by atoms with Crippen LogP contribution in [0.4, 0.5) is 4.79 Å². The quantitative estimate of drug-likeness (QED) is 0.0886. The van der Waals surface area contributed by atoms with Gasteiger partial charge in [0, 0.05) is 55.0 Å². The van der Waals surface area contributed by atoms with Crippen LogP contribution in [0.2, 0.25) is 0 Å². The van der Waals surface area contributed by atoms with Crippen LogP contribution in [0.25, 0.3) is 0 Å². The SMILES string of the molecule is COC(=O)[C@@H]1CCCN1C(=O)[C@H](CC(=O)N[C@H]1O[C@H](CO[C@@H]2O[C@H](CO[C@H]3O[C@H](COC(C)=O)[C@@H](OC(C)=O)[C@H](OC(C)=O)[C@H]3OC(C)=O)[C@@H](OC(C)=O)[C@H](OC(C)=O)[C@H]2OC(C)=O)[C@@H](O)[C@H](OCc2ccccc2)[C@H]1OCc1ccccc1)NC(=O)OC(C)(C)C. The molecule has 0 saturated carbocycles. The number of aliphatic hydroxyl groups is 1. The van der Waals surface area contributed by atoms with Gasteiger partial charge in [0.2, 0.25) is 11.8 Å². The lowest BCUT2D eigenvalue weighted by Gasteiger charge is -2.47. The molecule has 3 N–H and O–H groups in total. The van der Waals surface area contributed by atoms with Crippen molar-refractivity contribution in [2.24, 2.45) is 0 Å². The van der Waals surface area contributed by atoms with Gasteiger partial charge in [-0.15, -0.1) is 0 Å². The maximum Gasteiger partial charge on any atom is 0.408 e. The fourth-order valence-corrected chi connectivity index (χ4v) is 10.6. The fourth-order valence-electron chi connectivity index (χ4n) is 10.6. The molecule has 31 nitrogen and oxygen atoms in total. The van der Waals surface area contributed by atoms with E-state index in [1.165, 1.54) is 4.90 Å². The van der Waals surface area contributed by atoms with Gasteiger partial charge < -0.3 is 96.4 Å². The summed E-state index contributed by atoms with van der Waals surface area (Å²) in [5, 5.41) is 17.7. The van der Waals surface area contributed by atoms with E-state index in [9.17, 15) is 57.8 Å². The molecule has 4 heterocycles. The van der Waals surface area contributed by atoms with Gasteiger partial charge >= 0.3 is 53.8 Å². The zero-order valence-corrected chi connectivity index (χ0v) is 52.9. The summed E-state index contributed by atoms with van der Waals surface area (Å²) in [7, 11) is 1.16. The molecular weight excluding hydrogens is 1220 g/mol. The van der Waals surface area contributed by atoms with Crippen LogP contribution < -0.4 is 10.6 Å². The van der Waals surface area contributed by atoms with Crippen molar-refractivity contribution in [2.45, 2.75) is 211 Å². The zero-order chi connectivity index (χ0) is 67.6. The normalized spacial score (nSPS) is 28.2. The van der Waals surface area contributed by atoms with E-state index in [1.807, 2.05) is 0 Å². The number of hydrogen-bond acceptors (Lipinski definition) is 28. The molecule has 0 aliphatic carbocycles. The second-order valence-electron chi connectivity index (χ2n) is 22.8. The number of benzene rings is 2. The van der Waals surface area contributed by atoms with E-state index >= 15 is 0 Å². The van der Waals surface area contributed by atoms with Crippen LogP contribution in [0, 0.1) is 0 Å². The Labute approximate surface area is 530 Å². The summed E-state index contributed by atoms with van der Waals surface area (Å²) in [4.78, 5) is 145. The third kappa shape index (κ3) is 21.6. The number of rotatable bonds is 26. The van der Waals surface area contributed by atoms with Crippen LogP contribution in [0.3, 0.4) is 0 Å². The van der Waals surface area contributed by atoms with E-state index in [4.69, 9.17) is 75.8 Å². The molecule has 0 aromatic heterocycles. The van der Waals surface area contributed by atoms with E-state index < -0.39 is 202 Å². The number of ether oxygens (including phenoxy) is 16. The standard InChI is InChI=1S/C61H81N3O28/c1-31(65)78-29-43-47(83-32(2)66)50(85-34(4)68)54(88-37(7)71)59(90-43)82-30-44-48(84-33(3)67)51(86-35(5)69)53(87-36(6)70)58(91-44)81-28-42-46(73)49(79-26-38-19-14-12-15-20-38)52(80-27-39-21-16-13-17-22-39)55(89-42)63-45(72)25-40(62-60(76)92-61(8,9)10)56(74)64-24-18-23-41(64)57(75)77-11/h12-17,19-22,40-44,46-55,58-59,73H,18,23-30H2,1-11H3,(H,62,76)(H,63,72)/t40-,41-,42+,43+,44+,46+,47+,48+,49-,50-,51-,52+,53+,54+,55-,58+,59-/m0/s1. The molecule has 2 aromatic carbocycles. The molecule has 3 amide bonds. The van der Waals surface area contributed by atoms with Gasteiger partial charge in [0.05, 0.1) is 40.0 Å². The van der Waals surface area contributed by atoms with Gasteiger partial charge in [-0.05, 0) is 44.7 Å². The molecule has 4 fully saturated rings. The maximum absolute atomic E-state index is 14.7. The van der Waals surface area contributed by atoms with Crippen molar-refractivity contribution in [3.63, 3.8) is 0 Å². The van der Waals surface area contributed by atoms with Crippen LogP contribution in [-0.4, -0.2) is 219 Å². The Bertz CT molecular complexity index is 2870. The van der Waals surface area contributed by atoms with Gasteiger partial charge in [0.15, 0.2) is 55.4 Å². The molecule has 0 bridgehead atoms. The van der Waals surface area contributed by atoms with Crippen molar-refractivity contribution in [2.75, 3.05) is 33.5 Å². The smallest absolute Gasteiger partial charge is 0.408 e. The molecule has 508 valence electrons. The van der Waals surface area contributed by atoms with Gasteiger partial charge in [0.25, 0.3) is 0 Å². The minimum Gasteiger partial charge on any atom is -0.467 e. The summed E-state index contributed by atoms with van der Waals surface area (Å²) >= 11 is 0. The van der Waals surface area contributed by atoms with Crippen molar-refractivity contribution in [1.29, 1.82) is 0 Å². The second kappa shape index (κ2) is 34.1. The highest BCUT2D eigenvalue weighted by Gasteiger charge is 2.57. The molecule has 17 atom stereocenters. The summed E-state index contributed by atoms with van der Waals surface area (Å²) < 4.78 is 93.8. The Morgan fingerprint density at radius 3 is 1.46 bits per heavy atom. The predicted octanol–water partition coefficient (Wildman–Crippen LogP) is 1.44. The zero-order valence-electron chi connectivity index (χ0n) is 52.9. The van der Waals surface area contributed by atoms with Gasteiger partial charge in [-0.25, -0.2) is 9.59 Å². The highest BCUT2D eigenvalue weighted by atomic mass is 16.8. The first-order valence-electron chi connectivity index (χ1n) is 29.5. The van der Waals surface area contributed by atoms with Crippen LogP contribution in [0.5, 0.6) is 0 Å². The predicted molar refractivity (Wildman–Crippen MR) is 307 cm³/mol. The van der Waals surface area contributed by atoms with Gasteiger partial charge in [-0.2, -0.15) is 0 Å². The molecule has 92 heavy (non-hydrogen) atoms. The van der Waals surface area contributed by atoms with Gasteiger partial charge in [-0.1, -0.05) is 60.7 Å². The molecule has 2 aromatic rings. The van der Waals surface area contributed by atoms with E-state index in [1.54, 1.807) is 81.4 Å². The molecule has 0 unspecified atom stereocenters. The third-order valence-electron chi connectivity index (χ3n) is 14.2. The molecule has 0 radical (unpaired) electrons. The van der Waals surface area contributed by atoms with Gasteiger partial charge in [0.1, 0.15) is 60.9 Å². The number of amides is 3. The van der Waals surface area contributed by atoms with Crippen LogP contribution >= 0.6 is 0 Å². The highest BCUT2D eigenvalue weighted by molar-refractivity contribution is 5.93. The number of methoxy groups -OCH3 is 1. The average Bonchev–Trinajstić information content (AvgIpc) is 0.890. The molecule has 4 aliphatic rings. The average molecular weight is 1300 g/mol. The van der Waals surface area contributed by atoms with Crippen molar-refractivity contribution in [3.05, 3.63) is 71.8 Å². The molecule has 31 heteroatoms. The molecule has 6 rings (SSSR count). The first-order chi connectivity index (χ1) is 43.5. The summed E-state index contributed by atoms with van der Waals surface area (Å²) in [5.74, 6) is -9.07. The topological polar surface area (TPSA) is 383 Å². The van der Waals surface area contributed by atoms with Crippen molar-refractivity contribution in [1.82, 2.24) is 15.5 Å².